The molecule has 1 amide bonds. The van der Waals surface area contributed by atoms with Gasteiger partial charge in [0.25, 0.3) is 5.91 Å². The number of piperazine rings is 1. The second-order valence-electron chi connectivity index (χ2n) is 6.12. The van der Waals surface area contributed by atoms with Gasteiger partial charge in [-0.05, 0) is 18.2 Å². The molecule has 0 N–H and O–H groups in total. The van der Waals surface area contributed by atoms with E-state index < -0.39 is 5.97 Å². The van der Waals surface area contributed by atoms with Gasteiger partial charge in [0, 0.05) is 51.8 Å². The van der Waals surface area contributed by atoms with E-state index in [-0.39, 0.29) is 19.1 Å². The molecule has 1 saturated heterocycles. The average Bonchev–Trinajstić information content (AvgIpc) is 2.73. The largest absolute Gasteiger partial charge is 0.454 e. The van der Waals surface area contributed by atoms with Crippen molar-refractivity contribution >= 4 is 23.6 Å². The first-order valence-electron chi connectivity index (χ1n) is 8.71. The van der Waals surface area contributed by atoms with Crippen molar-refractivity contribution in [3.8, 4) is 0 Å². The molecule has 0 unspecified atom stereocenters. The molecule has 27 heavy (non-hydrogen) atoms. The summed E-state index contributed by atoms with van der Waals surface area (Å²) >= 11 is 0. The van der Waals surface area contributed by atoms with E-state index in [2.05, 4.69) is 19.9 Å². The lowest BCUT2D eigenvalue weighted by Gasteiger charge is -2.35. The Morgan fingerprint density at radius 1 is 1.04 bits per heavy atom. The maximum atomic E-state index is 12.3. The minimum absolute atomic E-state index is 0.0231. The van der Waals surface area contributed by atoms with Crippen molar-refractivity contribution in [3.63, 3.8) is 0 Å². The highest BCUT2D eigenvalue weighted by Gasteiger charge is 2.23. The second-order valence-corrected chi connectivity index (χ2v) is 6.12. The Hall–Kier alpha value is -3.23. The number of carbonyl (C=O) groups is 2. The van der Waals surface area contributed by atoms with E-state index in [1.54, 1.807) is 41.5 Å². The first-order valence-corrected chi connectivity index (χ1v) is 8.71. The van der Waals surface area contributed by atoms with Crippen molar-refractivity contribution in [1.82, 2.24) is 19.9 Å². The highest BCUT2D eigenvalue weighted by atomic mass is 16.5. The first-order chi connectivity index (χ1) is 13.1. The third-order valence-electron chi connectivity index (χ3n) is 4.22. The van der Waals surface area contributed by atoms with Gasteiger partial charge in [-0.3, -0.25) is 9.59 Å². The van der Waals surface area contributed by atoms with Crippen LogP contribution in [-0.2, 0) is 14.3 Å². The number of hydrogen-bond acceptors (Lipinski definition) is 8. The summed E-state index contributed by atoms with van der Waals surface area (Å²) in [6, 6.07) is 7.46. The fourth-order valence-electron chi connectivity index (χ4n) is 2.76. The third kappa shape index (κ3) is 5.13. The summed E-state index contributed by atoms with van der Waals surface area (Å²) in [4.78, 5) is 42.1. The zero-order valence-electron chi connectivity index (χ0n) is 15.2. The van der Waals surface area contributed by atoms with E-state index in [0.717, 1.165) is 5.82 Å². The molecule has 3 heterocycles. The highest BCUT2D eigenvalue weighted by molar-refractivity contribution is 5.82. The number of likely N-dealkylation sites (N-methyl/N-ethyl adjacent to an activating group) is 1. The van der Waals surface area contributed by atoms with E-state index in [4.69, 9.17) is 4.74 Å². The van der Waals surface area contributed by atoms with Crippen molar-refractivity contribution in [1.29, 1.82) is 0 Å². The summed E-state index contributed by atoms with van der Waals surface area (Å²) in [6.45, 7) is 2.27. The SMILES string of the molecule is CN(CC(=O)OCC(=O)N1CCN(c2ccccn2)CC1)c1ncccn1. The molecule has 0 radical (unpaired) electrons. The predicted octanol–water partition coefficient (Wildman–Crippen LogP) is 0.200. The van der Waals surface area contributed by atoms with Crippen molar-refractivity contribution in [3.05, 3.63) is 42.9 Å². The average molecular weight is 370 g/mol. The van der Waals surface area contributed by atoms with Crippen molar-refractivity contribution in [2.24, 2.45) is 0 Å². The molecular formula is C18H22N6O3. The number of rotatable bonds is 6. The number of ether oxygens (including phenoxy) is 1. The second kappa shape index (κ2) is 8.93. The maximum Gasteiger partial charge on any atom is 0.326 e. The lowest BCUT2D eigenvalue weighted by molar-refractivity contribution is -0.151. The molecule has 1 fully saturated rings. The number of nitrogens with zero attached hydrogens (tertiary/aromatic N) is 6. The minimum atomic E-state index is -0.495. The summed E-state index contributed by atoms with van der Waals surface area (Å²) in [5, 5.41) is 0. The molecule has 0 aliphatic carbocycles. The lowest BCUT2D eigenvalue weighted by Crippen LogP contribution is -2.50. The molecule has 0 spiro atoms. The molecule has 3 rings (SSSR count). The molecule has 0 bridgehead atoms. The van der Waals surface area contributed by atoms with Crippen LogP contribution in [0.25, 0.3) is 0 Å². The Morgan fingerprint density at radius 3 is 2.41 bits per heavy atom. The molecule has 9 heteroatoms. The zero-order valence-corrected chi connectivity index (χ0v) is 15.2. The number of carbonyl (C=O) groups excluding carboxylic acids is 2. The Bertz CT molecular complexity index is 750. The van der Waals surface area contributed by atoms with Crippen LogP contribution in [0, 0.1) is 0 Å². The van der Waals surface area contributed by atoms with Crippen molar-refractivity contribution < 1.29 is 14.3 Å². The molecule has 0 aromatic carbocycles. The Labute approximate surface area is 157 Å². The van der Waals surface area contributed by atoms with Crippen molar-refractivity contribution in [2.75, 3.05) is 56.2 Å². The molecule has 2 aromatic heterocycles. The van der Waals surface area contributed by atoms with E-state index in [1.807, 2.05) is 18.2 Å². The fourth-order valence-corrected chi connectivity index (χ4v) is 2.76. The normalized spacial score (nSPS) is 14.0. The van der Waals surface area contributed by atoms with E-state index in [9.17, 15) is 9.59 Å². The molecular weight excluding hydrogens is 348 g/mol. The summed E-state index contributed by atoms with van der Waals surface area (Å²) < 4.78 is 5.11. The van der Waals surface area contributed by atoms with E-state index in [0.29, 0.717) is 32.1 Å². The van der Waals surface area contributed by atoms with Crippen molar-refractivity contribution in [2.45, 2.75) is 0 Å². The summed E-state index contributed by atoms with van der Waals surface area (Å²) in [6.07, 6.45) is 4.94. The van der Waals surface area contributed by atoms with Gasteiger partial charge in [-0.2, -0.15) is 0 Å². The highest BCUT2D eigenvalue weighted by Crippen LogP contribution is 2.12. The fraction of sp³-hybridized carbons (Fsp3) is 0.389. The monoisotopic (exact) mass is 370 g/mol. The molecule has 2 aromatic rings. The van der Waals surface area contributed by atoms with Crippen LogP contribution < -0.4 is 9.80 Å². The van der Waals surface area contributed by atoms with Gasteiger partial charge in [-0.25, -0.2) is 15.0 Å². The molecule has 9 nitrogen and oxygen atoms in total. The Balaban J connectivity index is 1.40. The van der Waals surface area contributed by atoms with Gasteiger partial charge in [0.1, 0.15) is 12.4 Å². The van der Waals surface area contributed by atoms with E-state index >= 15 is 0 Å². The van der Waals surface area contributed by atoms with Crippen LogP contribution in [0.5, 0.6) is 0 Å². The predicted molar refractivity (Wildman–Crippen MR) is 99.3 cm³/mol. The minimum Gasteiger partial charge on any atom is -0.454 e. The quantitative estimate of drug-likeness (QED) is 0.666. The van der Waals surface area contributed by atoms with Crippen LogP contribution in [0.1, 0.15) is 0 Å². The van der Waals surface area contributed by atoms with Crippen LogP contribution in [0.3, 0.4) is 0 Å². The first kappa shape index (κ1) is 18.6. The van der Waals surface area contributed by atoms with Gasteiger partial charge in [0.15, 0.2) is 6.61 Å². The van der Waals surface area contributed by atoms with Gasteiger partial charge in [0.05, 0.1) is 0 Å². The standard InChI is InChI=1S/C18H22N6O3/c1-22(18-20-7-4-8-21-18)13-17(26)27-14-16(25)24-11-9-23(10-12-24)15-5-2-3-6-19-15/h2-8H,9-14H2,1H3. The van der Waals surface area contributed by atoms with Gasteiger partial charge >= 0.3 is 5.97 Å². The van der Waals surface area contributed by atoms with Crippen LogP contribution in [-0.4, -0.2) is 78.1 Å². The molecule has 1 aliphatic rings. The van der Waals surface area contributed by atoms with E-state index in [1.165, 1.54) is 0 Å². The van der Waals surface area contributed by atoms with Gasteiger partial charge < -0.3 is 19.4 Å². The topological polar surface area (TPSA) is 91.8 Å². The van der Waals surface area contributed by atoms with Crippen LogP contribution >= 0.6 is 0 Å². The third-order valence-corrected chi connectivity index (χ3v) is 4.22. The summed E-state index contributed by atoms with van der Waals surface area (Å²) in [7, 11) is 1.69. The number of pyridine rings is 1. The zero-order chi connectivity index (χ0) is 19.1. The number of anilines is 2. The lowest BCUT2D eigenvalue weighted by atomic mass is 10.3. The number of esters is 1. The van der Waals surface area contributed by atoms with Crippen LogP contribution in [0.15, 0.2) is 42.9 Å². The number of aromatic nitrogens is 3. The number of amides is 1. The molecule has 1 aliphatic heterocycles. The Kier molecular flexibility index (Phi) is 6.14. The van der Waals surface area contributed by atoms with Gasteiger partial charge in [-0.1, -0.05) is 6.07 Å². The number of hydrogen-bond donors (Lipinski definition) is 0. The molecule has 142 valence electrons. The van der Waals surface area contributed by atoms with Crippen LogP contribution in [0.2, 0.25) is 0 Å². The summed E-state index contributed by atoms with van der Waals surface area (Å²) in [5.41, 5.74) is 0. The van der Waals surface area contributed by atoms with Gasteiger partial charge in [-0.15, -0.1) is 0 Å². The maximum absolute atomic E-state index is 12.3. The molecule has 0 saturated carbocycles. The molecule has 0 atom stereocenters. The Morgan fingerprint density at radius 2 is 1.74 bits per heavy atom. The van der Waals surface area contributed by atoms with Crippen LogP contribution in [0.4, 0.5) is 11.8 Å². The summed E-state index contributed by atoms with van der Waals surface area (Å²) in [5.74, 6) is 0.640. The smallest absolute Gasteiger partial charge is 0.326 e. The van der Waals surface area contributed by atoms with Gasteiger partial charge in [0.2, 0.25) is 5.95 Å².